The molecule has 0 bridgehead atoms. The topological polar surface area (TPSA) is 55.8 Å². The lowest BCUT2D eigenvalue weighted by molar-refractivity contribution is -0.143. The van der Waals surface area contributed by atoms with Gasteiger partial charge in [0.15, 0.2) is 0 Å². The van der Waals surface area contributed by atoms with Gasteiger partial charge in [-0.15, -0.1) is 11.3 Å². The van der Waals surface area contributed by atoms with Crippen LogP contribution in [0.15, 0.2) is 66.7 Å². The average Bonchev–Trinajstić information content (AvgIpc) is 3.58. The minimum atomic E-state index is -0.564. The van der Waals surface area contributed by atoms with Crippen LogP contribution in [0.25, 0.3) is 20.5 Å². The number of nitrogens with zero attached hydrogens (tertiary/aromatic N) is 1. The van der Waals surface area contributed by atoms with Gasteiger partial charge in [0.1, 0.15) is 11.5 Å². The van der Waals surface area contributed by atoms with Crippen LogP contribution in [0.1, 0.15) is 96.8 Å². The summed E-state index contributed by atoms with van der Waals surface area (Å²) in [6, 6.07) is 22.0. The van der Waals surface area contributed by atoms with Crippen LogP contribution in [0, 0.1) is 18.3 Å². The Labute approximate surface area is 286 Å². The number of fused-ring (bicyclic) bond motifs is 1. The van der Waals surface area contributed by atoms with Gasteiger partial charge in [-0.1, -0.05) is 62.9 Å². The van der Waals surface area contributed by atoms with Crippen molar-refractivity contribution in [1.29, 1.82) is 0 Å². The predicted octanol–water partition coefficient (Wildman–Crippen LogP) is 10.6. The molecule has 4 aromatic rings. The van der Waals surface area contributed by atoms with E-state index in [1.165, 1.54) is 81.8 Å². The van der Waals surface area contributed by atoms with Gasteiger partial charge in [-0.25, -0.2) is 0 Å². The van der Waals surface area contributed by atoms with Crippen molar-refractivity contribution in [3.63, 3.8) is 0 Å². The molecule has 1 saturated carbocycles. The molecule has 1 aliphatic carbocycles. The lowest BCUT2D eigenvalue weighted by Crippen LogP contribution is -2.25. The van der Waals surface area contributed by atoms with E-state index in [9.17, 15) is 9.59 Å². The van der Waals surface area contributed by atoms with Crippen molar-refractivity contribution in [3.8, 4) is 21.9 Å². The number of hydrogen-bond acceptors (Lipinski definition) is 6. The number of carbonyl (C=O) groups is 2. The molecule has 5 nitrogen and oxygen atoms in total. The van der Waals surface area contributed by atoms with E-state index < -0.39 is 5.41 Å². The minimum absolute atomic E-state index is 0.264. The molecule has 2 heterocycles. The highest BCUT2D eigenvalue weighted by atomic mass is 32.1. The Morgan fingerprint density at radius 2 is 1.49 bits per heavy atom. The van der Waals surface area contributed by atoms with Crippen molar-refractivity contribution in [1.82, 2.24) is 4.90 Å². The van der Waals surface area contributed by atoms with Crippen molar-refractivity contribution in [3.05, 3.63) is 83.4 Å². The lowest BCUT2D eigenvalue weighted by Gasteiger charge is -2.16. The van der Waals surface area contributed by atoms with Crippen LogP contribution in [0.5, 0.6) is 11.5 Å². The maximum atomic E-state index is 12.2. The Hall–Kier alpha value is -3.48. The monoisotopic (exact) mass is 655 g/mol. The molecule has 0 radical (unpaired) electrons. The third kappa shape index (κ3) is 11.3. The second-order valence-electron chi connectivity index (χ2n) is 14.0. The molecule has 47 heavy (non-hydrogen) atoms. The summed E-state index contributed by atoms with van der Waals surface area (Å²) in [6.07, 6.45) is 9.46. The third-order valence-electron chi connectivity index (χ3n) is 8.22. The fourth-order valence-electron chi connectivity index (χ4n) is 5.39. The van der Waals surface area contributed by atoms with E-state index in [1.807, 2.05) is 63.2 Å². The number of ether oxygens (including phenoxy) is 2. The highest BCUT2D eigenvalue weighted by molar-refractivity contribution is 7.22. The standard InChI is InChI=1S/C29H28O4S.C9H17N.C3H8/c1-18-6-8-20(9-7-18)16-25-24-15-14-23(32-19(2)30)17-26(24)34-27(25)21-10-12-22(13-11-21)33-28(31)29(3,4)5;1-2-7-10(6-1)8-5-9-3-4-9;1-3-2/h6-15,17H,16H2,1-5H3;9H,1-8H2;3H2,1-2H3. The van der Waals surface area contributed by atoms with Crippen LogP contribution in [0.3, 0.4) is 0 Å². The number of esters is 2. The van der Waals surface area contributed by atoms with Crippen LogP contribution in [-0.4, -0.2) is 36.5 Å². The van der Waals surface area contributed by atoms with E-state index in [0.29, 0.717) is 11.5 Å². The zero-order chi connectivity index (χ0) is 34.0. The van der Waals surface area contributed by atoms with Crippen LogP contribution >= 0.6 is 11.3 Å². The maximum absolute atomic E-state index is 12.2. The Morgan fingerprint density at radius 1 is 0.872 bits per heavy atom. The van der Waals surface area contributed by atoms with Crippen LogP contribution in [-0.2, 0) is 16.0 Å². The summed E-state index contributed by atoms with van der Waals surface area (Å²) in [4.78, 5) is 27.4. The zero-order valence-electron chi connectivity index (χ0n) is 29.5. The number of hydrogen-bond donors (Lipinski definition) is 0. The molecule has 0 unspecified atom stereocenters. The van der Waals surface area contributed by atoms with E-state index >= 15 is 0 Å². The summed E-state index contributed by atoms with van der Waals surface area (Å²) in [5.74, 6) is 1.60. The van der Waals surface area contributed by atoms with Gasteiger partial charge in [0.2, 0.25) is 0 Å². The van der Waals surface area contributed by atoms with Crippen molar-refractivity contribution in [2.75, 3.05) is 19.6 Å². The summed E-state index contributed by atoms with van der Waals surface area (Å²) >= 11 is 1.67. The normalized spacial score (nSPS) is 14.5. The van der Waals surface area contributed by atoms with Crippen molar-refractivity contribution < 1.29 is 19.1 Å². The smallest absolute Gasteiger partial charge is 0.316 e. The summed E-state index contributed by atoms with van der Waals surface area (Å²) < 4.78 is 11.9. The molecule has 0 N–H and O–H groups in total. The van der Waals surface area contributed by atoms with Gasteiger partial charge >= 0.3 is 11.9 Å². The number of carbonyl (C=O) groups excluding carboxylic acids is 2. The van der Waals surface area contributed by atoms with E-state index in [1.54, 1.807) is 11.3 Å². The largest absolute Gasteiger partial charge is 0.427 e. The van der Waals surface area contributed by atoms with E-state index in [2.05, 4.69) is 49.9 Å². The first-order valence-corrected chi connectivity index (χ1v) is 18.1. The molecule has 1 aromatic heterocycles. The molecule has 252 valence electrons. The van der Waals surface area contributed by atoms with E-state index in [4.69, 9.17) is 9.47 Å². The van der Waals surface area contributed by atoms with Crippen LogP contribution in [0.2, 0.25) is 0 Å². The van der Waals surface area contributed by atoms with Crippen molar-refractivity contribution in [2.45, 2.75) is 93.4 Å². The first kappa shape index (κ1) is 36.4. The number of likely N-dealkylation sites (tertiary alicyclic amines) is 1. The molecule has 0 amide bonds. The average molecular weight is 656 g/mol. The zero-order valence-corrected chi connectivity index (χ0v) is 30.3. The van der Waals surface area contributed by atoms with Gasteiger partial charge < -0.3 is 14.4 Å². The number of thiophene rings is 1. The summed E-state index contributed by atoms with van der Waals surface area (Å²) in [7, 11) is 0. The van der Waals surface area contributed by atoms with Gasteiger partial charge in [-0.3, -0.25) is 9.59 Å². The Kier molecular flexibility index (Phi) is 13.2. The highest BCUT2D eigenvalue weighted by Crippen LogP contribution is 2.42. The van der Waals surface area contributed by atoms with Crippen molar-refractivity contribution >= 4 is 33.4 Å². The fraction of sp³-hybridized carbons (Fsp3) is 0.463. The first-order chi connectivity index (χ1) is 22.5. The van der Waals surface area contributed by atoms with Gasteiger partial charge in [-0.2, -0.15) is 0 Å². The quantitative estimate of drug-likeness (QED) is 0.140. The molecule has 1 aliphatic heterocycles. The molecule has 2 aliphatic rings. The number of benzene rings is 3. The second-order valence-corrected chi connectivity index (χ2v) is 15.0. The summed E-state index contributed by atoms with van der Waals surface area (Å²) in [5, 5.41) is 1.14. The molecule has 0 spiro atoms. The van der Waals surface area contributed by atoms with Crippen LogP contribution in [0.4, 0.5) is 0 Å². The third-order valence-corrected chi connectivity index (χ3v) is 9.46. The van der Waals surface area contributed by atoms with Crippen molar-refractivity contribution in [2.24, 2.45) is 11.3 Å². The van der Waals surface area contributed by atoms with Gasteiger partial charge in [0.25, 0.3) is 0 Å². The maximum Gasteiger partial charge on any atom is 0.316 e. The summed E-state index contributed by atoms with van der Waals surface area (Å²) in [6.45, 7) is 17.4. The second kappa shape index (κ2) is 17.1. The minimum Gasteiger partial charge on any atom is -0.427 e. The predicted molar refractivity (Wildman–Crippen MR) is 197 cm³/mol. The summed E-state index contributed by atoms with van der Waals surface area (Å²) in [5.41, 5.74) is 4.16. The Balaban J connectivity index is 0.000000319. The van der Waals surface area contributed by atoms with E-state index in [-0.39, 0.29) is 11.9 Å². The SMILES string of the molecule is C1CCN(CCC2CC2)C1.CC(=O)Oc1ccc2c(Cc3ccc(C)cc3)c(-c3ccc(OC(=O)C(C)(C)C)cc3)sc2c1.CCC. The molecule has 3 aromatic carbocycles. The number of aryl methyl sites for hydroxylation is 1. The Bertz CT molecular complexity index is 1590. The first-order valence-electron chi connectivity index (χ1n) is 17.3. The fourth-order valence-corrected chi connectivity index (χ4v) is 6.65. The van der Waals surface area contributed by atoms with Gasteiger partial charge in [0.05, 0.1) is 5.41 Å². The molecule has 0 atom stereocenters. The number of rotatable bonds is 8. The Morgan fingerprint density at radius 3 is 2.06 bits per heavy atom. The van der Waals surface area contributed by atoms with Crippen LogP contribution < -0.4 is 9.47 Å². The molecular weight excluding hydrogens is 603 g/mol. The lowest BCUT2D eigenvalue weighted by atomic mass is 9.97. The molecule has 1 saturated heterocycles. The molecule has 6 rings (SSSR count). The molecule has 6 heteroatoms. The highest BCUT2D eigenvalue weighted by Gasteiger charge is 2.24. The van der Waals surface area contributed by atoms with Gasteiger partial charge in [0, 0.05) is 16.5 Å². The van der Waals surface area contributed by atoms with Gasteiger partial charge in [-0.05, 0) is 143 Å². The van der Waals surface area contributed by atoms with E-state index in [0.717, 1.165) is 32.9 Å². The molecule has 2 fully saturated rings. The molecular formula is C41H53NO4S.